The highest BCUT2D eigenvalue weighted by Crippen LogP contribution is 2.24. The van der Waals surface area contributed by atoms with Gasteiger partial charge in [-0.25, -0.2) is 4.98 Å². The summed E-state index contributed by atoms with van der Waals surface area (Å²) >= 11 is 2.78. The normalized spacial score (nSPS) is 10.5. The quantitative estimate of drug-likeness (QED) is 0.496. The first-order valence-corrected chi connectivity index (χ1v) is 11.2. The molecule has 0 atom stereocenters. The van der Waals surface area contributed by atoms with E-state index >= 15 is 0 Å². The lowest BCUT2D eigenvalue weighted by atomic mass is 10.1. The van der Waals surface area contributed by atoms with Crippen LogP contribution >= 0.6 is 23.1 Å². The first-order valence-electron chi connectivity index (χ1n) is 9.31. The van der Waals surface area contributed by atoms with Crippen molar-refractivity contribution in [2.24, 2.45) is 0 Å². The van der Waals surface area contributed by atoms with Crippen LogP contribution in [0.1, 0.15) is 16.8 Å². The molecule has 0 bridgehead atoms. The zero-order chi connectivity index (χ0) is 21.5. The number of carbonyl (C=O) groups is 2. The molecule has 2 aromatic carbocycles. The van der Waals surface area contributed by atoms with Crippen LogP contribution in [0.4, 0.5) is 11.4 Å². The second-order valence-corrected chi connectivity index (χ2v) is 8.80. The van der Waals surface area contributed by atoms with Crippen molar-refractivity contribution in [1.29, 1.82) is 0 Å². The summed E-state index contributed by atoms with van der Waals surface area (Å²) in [6.07, 6.45) is 0.195. The molecule has 0 radical (unpaired) electrons. The molecule has 156 valence electrons. The third-order valence-corrected chi connectivity index (χ3v) is 6.29. The molecular weight excluding hydrogens is 418 g/mol. The highest BCUT2D eigenvalue weighted by molar-refractivity contribution is 8.01. The molecule has 2 N–H and O–H groups in total. The van der Waals surface area contributed by atoms with Gasteiger partial charge >= 0.3 is 0 Å². The molecule has 1 heterocycles. The lowest BCUT2D eigenvalue weighted by molar-refractivity contribution is -0.116. The number of amides is 2. The Kier molecular flexibility index (Phi) is 7.48. The summed E-state index contributed by atoms with van der Waals surface area (Å²) in [6, 6.07) is 13.2. The third kappa shape index (κ3) is 6.33. The predicted octanol–water partition coefficient (Wildman–Crippen LogP) is 4.68. The van der Waals surface area contributed by atoms with Gasteiger partial charge in [-0.2, -0.15) is 0 Å². The number of hydrogen-bond donors (Lipinski definition) is 2. The van der Waals surface area contributed by atoms with Crippen LogP contribution < -0.4 is 15.4 Å². The van der Waals surface area contributed by atoms with Gasteiger partial charge in [0.15, 0.2) is 4.34 Å². The Morgan fingerprint density at radius 3 is 2.73 bits per heavy atom. The first-order chi connectivity index (χ1) is 14.4. The average Bonchev–Trinajstić information content (AvgIpc) is 3.16. The smallest absolute Gasteiger partial charge is 0.234 e. The van der Waals surface area contributed by atoms with E-state index in [2.05, 4.69) is 15.6 Å². The molecule has 8 heteroatoms. The van der Waals surface area contributed by atoms with Gasteiger partial charge in [0, 0.05) is 22.8 Å². The van der Waals surface area contributed by atoms with E-state index in [4.69, 9.17) is 4.74 Å². The monoisotopic (exact) mass is 441 g/mol. The van der Waals surface area contributed by atoms with E-state index in [1.807, 2.05) is 49.6 Å². The van der Waals surface area contributed by atoms with Crippen LogP contribution in [-0.2, 0) is 16.0 Å². The lowest BCUT2D eigenvalue weighted by Gasteiger charge is -2.08. The van der Waals surface area contributed by atoms with E-state index in [0.717, 1.165) is 21.2 Å². The van der Waals surface area contributed by atoms with Crippen molar-refractivity contribution in [2.75, 3.05) is 23.5 Å². The number of methoxy groups -OCH3 is 1. The summed E-state index contributed by atoms with van der Waals surface area (Å²) in [5.74, 6) is 0.682. The maximum Gasteiger partial charge on any atom is 0.234 e. The van der Waals surface area contributed by atoms with Gasteiger partial charge in [0.05, 0.1) is 25.0 Å². The number of anilines is 2. The van der Waals surface area contributed by atoms with E-state index in [1.54, 1.807) is 19.2 Å². The number of aryl methyl sites for hydroxylation is 2. The van der Waals surface area contributed by atoms with Gasteiger partial charge in [-0.05, 0) is 43.2 Å². The topological polar surface area (TPSA) is 80.3 Å². The molecule has 0 aliphatic heterocycles. The van der Waals surface area contributed by atoms with Gasteiger partial charge in [-0.15, -0.1) is 11.3 Å². The Labute approximate surface area is 184 Å². The molecule has 0 saturated heterocycles. The molecule has 6 nitrogen and oxygen atoms in total. The fraction of sp³-hybridized carbons (Fsp3) is 0.227. The standard InChI is InChI=1S/C22H23N3O3S2/c1-14-7-8-15(2)19(9-14)25-20(26)11-17-12-29-22(24-17)30-13-21(27)23-16-5-4-6-18(10-16)28-3/h4-10,12H,11,13H2,1-3H3,(H,23,27)(H,25,26). The number of ether oxygens (including phenoxy) is 1. The second kappa shape index (κ2) is 10.3. The van der Waals surface area contributed by atoms with Crippen molar-refractivity contribution in [1.82, 2.24) is 4.98 Å². The van der Waals surface area contributed by atoms with Gasteiger partial charge in [-0.1, -0.05) is 30.0 Å². The molecule has 0 spiro atoms. The Hall–Kier alpha value is -2.84. The molecule has 2 amide bonds. The van der Waals surface area contributed by atoms with Crippen molar-refractivity contribution in [3.8, 4) is 5.75 Å². The van der Waals surface area contributed by atoms with Gasteiger partial charge < -0.3 is 15.4 Å². The second-order valence-electron chi connectivity index (χ2n) is 6.72. The number of nitrogens with zero attached hydrogens (tertiary/aromatic N) is 1. The molecule has 0 unspecified atom stereocenters. The van der Waals surface area contributed by atoms with Crippen LogP contribution in [-0.4, -0.2) is 29.7 Å². The molecule has 0 fully saturated rings. The van der Waals surface area contributed by atoms with Gasteiger partial charge in [0.2, 0.25) is 11.8 Å². The number of rotatable bonds is 8. The molecule has 0 saturated carbocycles. The third-order valence-electron chi connectivity index (χ3n) is 4.22. The Bertz CT molecular complexity index is 1050. The molecule has 0 aliphatic rings. The number of aromatic nitrogens is 1. The van der Waals surface area contributed by atoms with Crippen molar-refractivity contribution >= 4 is 46.3 Å². The molecule has 0 aliphatic carbocycles. The van der Waals surface area contributed by atoms with E-state index in [-0.39, 0.29) is 24.0 Å². The number of nitrogens with one attached hydrogen (secondary N) is 2. The van der Waals surface area contributed by atoms with E-state index in [9.17, 15) is 9.59 Å². The highest BCUT2D eigenvalue weighted by atomic mass is 32.2. The summed E-state index contributed by atoms with van der Waals surface area (Å²) in [5.41, 5.74) is 4.31. The number of hydrogen-bond acceptors (Lipinski definition) is 6. The molecule has 30 heavy (non-hydrogen) atoms. The lowest BCUT2D eigenvalue weighted by Crippen LogP contribution is -2.15. The van der Waals surface area contributed by atoms with E-state index in [0.29, 0.717) is 17.1 Å². The maximum absolute atomic E-state index is 12.3. The summed E-state index contributed by atoms with van der Waals surface area (Å²) in [5, 5.41) is 7.63. The van der Waals surface area contributed by atoms with Crippen LogP contribution in [0.15, 0.2) is 52.2 Å². The summed E-state index contributed by atoms with van der Waals surface area (Å²) in [4.78, 5) is 29.0. The minimum Gasteiger partial charge on any atom is -0.497 e. The minimum absolute atomic E-state index is 0.110. The Balaban J connectivity index is 1.49. The first kappa shape index (κ1) is 21.9. The van der Waals surface area contributed by atoms with Crippen LogP contribution in [0.5, 0.6) is 5.75 Å². The molecule has 3 rings (SSSR count). The summed E-state index contributed by atoms with van der Waals surface area (Å²) < 4.78 is 5.91. The van der Waals surface area contributed by atoms with E-state index in [1.165, 1.54) is 23.1 Å². The van der Waals surface area contributed by atoms with Crippen LogP contribution in [0.3, 0.4) is 0 Å². The Morgan fingerprint density at radius 2 is 1.93 bits per heavy atom. The Morgan fingerprint density at radius 1 is 1.10 bits per heavy atom. The van der Waals surface area contributed by atoms with Crippen molar-refractivity contribution in [3.63, 3.8) is 0 Å². The van der Waals surface area contributed by atoms with Gasteiger partial charge in [0.1, 0.15) is 5.75 Å². The SMILES string of the molecule is COc1cccc(NC(=O)CSc2nc(CC(=O)Nc3cc(C)ccc3C)cs2)c1. The van der Waals surface area contributed by atoms with E-state index < -0.39 is 0 Å². The highest BCUT2D eigenvalue weighted by Gasteiger charge is 2.11. The molecule has 1 aromatic heterocycles. The molecule has 3 aromatic rings. The number of thiazole rings is 1. The maximum atomic E-state index is 12.3. The predicted molar refractivity (Wildman–Crippen MR) is 123 cm³/mol. The van der Waals surface area contributed by atoms with Crippen LogP contribution in [0, 0.1) is 13.8 Å². The largest absolute Gasteiger partial charge is 0.497 e. The summed E-state index contributed by atoms with van der Waals surface area (Å²) in [6.45, 7) is 3.95. The fourth-order valence-corrected chi connectivity index (χ4v) is 4.34. The van der Waals surface area contributed by atoms with Crippen LogP contribution in [0.25, 0.3) is 0 Å². The number of carbonyl (C=O) groups excluding carboxylic acids is 2. The number of benzene rings is 2. The fourth-order valence-electron chi connectivity index (χ4n) is 2.69. The minimum atomic E-state index is -0.127. The van der Waals surface area contributed by atoms with Crippen molar-refractivity contribution in [2.45, 2.75) is 24.6 Å². The molecular formula is C22H23N3O3S2. The summed E-state index contributed by atoms with van der Waals surface area (Å²) in [7, 11) is 1.58. The average molecular weight is 442 g/mol. The van der Waals surface area contributed by atoms with Crippen molar-refractivity contribution in [3.05, 3.63) is 64.7 Å². The zero-order valence-electron chi connectivity index (χ0n) is 17.0. The zero-order valence-corrected chi connectivity index (χ0v) is 18.7. The number of thioether (sulfide) groups is 1. The van der Waals surface area contributed by atoms with Crippen LogP contribution in [0.2, 0.25) is 0 Å². The van der Waals surface area contributed by atoms with Gasteiger partial charge in [0.25, 0.3) is 0 Å². The van der Waals surface area contributed by atoms with Crippen molar-refractivity contribution < 1.29 is 14.3 Å². The van der Waals surface area contributed by atoms with Gasteiger partial charge in [-0.3, -0.25) is 9.59 Å².